The molecule has 16 heavy (non-hydrogen) atoms. The maximum atomic E-state index is 6.49. The average Bonchev–Trinajstić information content (AvgIpc) is 2.30. The molecule has 2 atom stereocenters. The molecule has 1 aromatic rings. The maximum absolute atomic E-state index is 6.49. The molecule has 0 N–H and O–H groups in total. The number of hydrogen-bond acceptors (Lipinski definition) is 0. The van der Waals surface area contributed by atoms with Crippen LogP contribution in [0.5, 0.6) is 0 Å². The van der Waals surface area contributed by atoms with Gasteiger partial charge in [-0.3, -0.25) is 0 Å². The molecule has 0 aromatic heterocycles. The molecule has 2 heteroatoms. The standard InChI is InChI=1S/C14H17ClSe/c15-13-10-6-1-2-7-11-14(13)16-12-8-4-3-5-9-12/h1-5,8-9,13-14H,6-7,10-11H2/b2-1-/t13-,14-/m1/s1. The van der Waals surface area contributed by atoms with Gasteiger partial charge in [0, 0.05) is 0 Å². The molecule has 0 bridgehead atoms. The van der Waals surface area contributed by atoms with Gasteiger partial charge in [0.1, 0.15) is 0 Å². The molecule has 0 spiro atoms. The third kappa shape index (κ3) is 3.66. The van der Waals surface area contributed by atoms with E-state index in [0.717, 1.165) is 12.8 Å². The molecule has 0 saturated carbocycles. The Bertz CT molecular complexity index is 334. The van der Waals surface area contributed by atoms with Crippen molar-refractivity contribution >= 4 is 31.0 Å². The van der Waals surface area contributed by atoms with E-state index in [4.69, 9.17) is 11.6 Å². The van der Waals surface area contributed by atoms with Crippen molar-refractivity contribution < 1.29 is 0 Å². The normalized spacial score (nSPS) is 28.1. The van der Waals surface area contributed by atoms with Crippen molar-refractivity contribution in [2.45, 2.75) is 35.9 Å². The van der Waals surface area contributed by atoms with Crippen LogP contribution >= 0.6 is 11.6 Å². The zero-order chi connectivity index (χ0) is 11.2. The van der Waals surface area contributed by atoms with E-state index in [2.05, 4.69) is 42.5 Å². The first kappa shape index (κ1) is 12.2. The van der Waals surface area contributed by atoms with Gasteiger partial charge >= 0.3 is 109 Å². The first-order chi connectivity index (χ1) is 7.86. The van der Waals surface area contributed by atoms with Crippen LogP contribution in [0.1, 0.15) is 25.7 Å². The second-order valence-electron chi connectivity index (χ2n) is 4.11. The first-order valence-corrected chi connectivity index (χ1v) is 8.15. The molecular formula is C14H17ClSe. The van der Waals surface area contributed by atoms with Crippen molar-refractivity contribution in [1.82, 2.24) is 0 Å². The molecule has 0 nitrogen and oxygen atoms in total. The van der Waals surface area contributed by atoms with Gasteiger partial charge in [0.05, 0.1) is 0 Å². The quantitative estimate of drug-likeness (QED) is 0.445. The molecule has 0 aliphatic heterocycles. The Labute approximate surface area is 109 Å². The number of rotatable bonds is 2. The summed E-state index contributed by atoms with van der Waals surface area (Å²) >= 11 is 7.02. The van der Waals surface area contributed by atoms with E-state index in [1.807, 2.05) is 0 Å². The molecule has 1 aliphatic carbocycles. The van der Waals surface area contributed by atoms with Gasteiger partial charge < -0.3 is 0 Å². The third-order valence-electron chi connectivity index (χ3n) is 2.83. The summed E-state index contributed by atoms with van der Waals surface area (Å²) in [6, 6.07) is 10.8. The molecule has 86 valence electrons. The fraction of sp³-hybridized carbons (Fsp3) is 0.429. The van der Waals surface area contributed by atoms with Gasteiger partial charge in [0.25, 0.3) is 0 Å². The minimum absolute atomic E-state index is 0.366. The summed E-state index contributed by atoms with van der Waals surface area (Å²) < 4.78 is 1.48. The Morgan fingerprint density at radius 1 is 1.00 bits per heavy atom. The van der Waals surface area contributed by atoms with Crippen molar-refractivity contribution in [3.05, 3.63) is 42.5 Å². The van der Waals surface area contributed by atoms with E-state index in [9.17, 15) is 0 Å². The first-order valence-electron chi connectivity index (χ1n) is 5.87. The van der Waals surface area contributed by atoms with Crippen LogP contribution in [-0.2, 0) is 0 Å². The third-order valence-corrected chi connectivity index (χ3v) is 6.65. The monoisotopic (exact) mass is 300 g/mol. The molecule has 0 saturated heterocycles. The van der Waals surface area contributed by atoms with Crippen LogP contribution < -0.4 is 4.46 Å². The van der Waals surface area contributed by atoms with Gasteiger partial charge in [0.15, 0.2) is 0 Å². The second kappa shape index (κ2) is 6.49. The number of benzene rings is 1. The van der Waals surface area contributed by atoms with Crippen LogP contribution in [0.3, 0.4) is 0 Å². The van der Waals surface area contributed by atoms with Crippen molar-refractivity contribution in [2.24, 2.45) is 0 Å². The summed E-state index contributed by atoms with van der Waals surface area (Å²) in [5, 5.41) is 0.366. The summed E-state index contributed by atoms with van der Waals surface area (Å²) in [5.41, 5.74) is 0. The van der Waals surface area contributed by atoms with Crippen LogP contribution in [0.15, 0.2) is 42.5 Å². The topological polar surface area (TPSA) is 0 Å². The predicted octanol–water partition coefficient (Wildman–Crippen LogP) is 3.54. The molecule has 1 aliphatic rings. The Morgan fingerprint density at radius 2 is 1.69 bits per heavy atom. The molecule has 2 rings (SSSR count). The minimum atomic E-state index is 0.366. The van der Waals surface area contributed by atoms with E-state index in [0.29, 0.717) is 25.2 Å². The number of halogens is 1. The zero-order valence-corrected chi connectivity index (χ0v) is 11.8. The van der Waals surface area contributed by atoms with Gasteiger partial charge in [-0.25, -0.2) is 0 Å². The van der Waals surface area contributed by atoms with Crippen molar-refractivity contribution in [2.75, 3.05) is 0 Å². The van der Waals surface area contributed by atoms with Crippen LogP contribution in [0.25, 0.3) is 0 Å². The van der Waals surface area contributed by atoms with Crippen molar-refractivity contribution in [3.63, 3.8) is 0 Å². The van der Waals surface area contributed by atoms with Crippen LogP contribution in [0.2, 0.25) is 4.82 Å². The second-order valence-corrected chi connectivity index (χ2v) is 7.43. The summed E-state index contributed by atoms with van der Waals surface area (Å²) in [4.78, 5) is 0.696. The van der Waals surface area contributed by atoms with Gasteiger partial charge in [-0.15, -0.1) is 0 Å². The fourth-order valence-electron chi connectivity index (χ4n) is 1.92. The van der Waals surface area contributed by atoms with Crippen molar-refractivity contribution in [3.8, 4) is 0 Å². The summed E-state index contributed by atoms with van der Waals surface area (Å²) in [5.74, 6) is 0. The molecule has 0 radical (unpaired) electrons. The Morgan fingerprint density at radius 3 is 2.44 bits per heavy atom. The summed E-state index contributed by atoms with van der Waals surface area (Å²) in [7, 11) is 0. The summed E-state index contributed by atoms with van der Waals surface area (Å²) in [6.45, 7) is 0. The van der Waals surface area contributed by atoms with Crippen LogP contribution in [-0.4, -0.2) is 20.3 Å². The average molecular weight is 300 g/mol. The molecule has 1 aromatic carbocycles. The number of hydrogen-bond donors (Lipinski definition) is 0. The van der Waals surface area contributed by atoms with E-state index >= 15 is 0 Å². The van der Waals surface area contributed by atoms with E-state index in [1.54, 1.807) is 0 Å². The Kier molecular flexibility index (Phi) is 4.96. The van der Waals surface area contributed by atoms with Crippen LogP contribution in [0.4, 0.5) is 0 Å². The van der Waals surface area contributed by atoms with Gasteiger partial charge in [0.2, 0.25) is 0 Å². The van der Waals surface area contributed by atoms with Gasteiger partial charge in [-0.2, -0.15) is 0 Å². The number of allylic oxidation sites excluding steroid dienone is 2. The Hall–Kier alpha value is -0.231. The SMILES string of the molecule is Cl[C@@H]1CC/C=C\CC[C@H]1[Se]c1ccccc1. The molecular weight excluding hydrogens is 283 g/mol. The molecule has 0 unspecified atom stereocenters. The van der Waals surface area contributed by atoms with E-state index in [-0.39, 0.29) is 0 Å². The molecule has 0 amide bonds. The van der Waals surface area contributed by atoms with Gasteiger partial charge in [-0.1, -0.05) is 0 Å². The zero-order valence-electron chi connectivity index (χ0n) is 9.31. The molecule has 0 heterocycles. The van der Waals surface area contributed by atoms with Gasteiger partial charge in [-0.05, 0) is 0 Å². The van der Waals surface area contributed by atoms with Crippen molar-refractivity contribution in [1.29, 1.82) is 0 Å². The molecule has 0 fully saturated rings. The summed E-state index contributed by atoms with van der Waals surface area (Å²) in [6.07, 6.45) is 9.33. The Balaban J connectivity index is 1.99. The number of alkyl halides is 1. The predicted molar refractivity (Wildman–Crippen MR) is 72.8 cm³/mol. The van der Waals surface area contributed by atoms with E-state index in [1.165, 1.54) is 17.3 Å². The van der Waals surface area contributed by atoms with Crippen LogP contribution in [0, 0.1) is 0 Å². The fourth-order valence-corrected chi connectivity index (χ4v) is 4.97. The van der Waals surface area contributed by atoms with E-state index < -0.39 is 0 Å².